The van der Waals surface area contributed by atoms with Crippen LogP contribution in [0.2, 0.25) is 0 Å². The van der Waals surface area contributed by atoms with Gasteiger partial charge in [-0.3, -0.25) is 13.9 Å². The first-order valence-corrected chi connectivity index (χ1v) is 15.0. The molecule has 0 aromatic heterocycles. The first kappa shape index (κ1) is 32.3. The number of nitrogens with one attached hydrogen (secondary N) is 1. The fourth-order valence-electron chi connectivity index (χ4n) is 4.19. The van der Waals surface area contributed by atoms with Crippen molar-refractivity contribution in [1.82, 2.24) is 10.2 Å². The highest BCUT2D eigenvalue weighted by molar-refractivity contribution is 7.92. The van der Waals surface area contributed by atoms with Crippen molar-refractivity contribution in [2.45, 2.75) is 38.3 Å². The third-order valence-electron chi connectivity index (χ3n) is 6.63. The van der Waals surface area contributed by atoms with Crippen LogP contribution in [0.25, 0.3) is 0 Å². The highest BCUT2D eigenvalue weighted by Gasteiger charge is 2.34. The quantitative estimate of drug-likeness (QED) is 0.298. The van der Waals surface area contributed by atoms with Crippen molar-refractivity contribution >= 4 is 27.5 Å². The summed E-state index contributed by atoms with van der Waals surface area (Å²) in [5.74, 6) is 0.531. The van der Waals surface area contributed by atoms with Crippen molar-refractivity contribution in [2.24, 2.45) is 5.92 Å². The number of benzene rings is 3. The largest absolute Gasteiger partial charge is 0.497 e. The van der Waals surface area contributed by atoms with Gasteiger partial charge in [-0.05, 0) is 54.8 Å². The molecule has 1 unspecified atom stereocenters. The molecule has 2 amide bonds. The molecule has 42 heavy (non-hydrogen) atoms. The van der Waals surface area contributed by atoms with Gasteiger partial charge in [-0.15, -0.1) is 0 Å². The lowest BCUT2D eigenvalue weighted by Crippen LogP contribution is -2.51. The molecule has 0 heterocycles. The monoisotopic (exact) mass is 597 g/mol. The molecule has 3 aromatic rings. The van der Waals surface area contributed by atoms with Crippen LogP contribution in [0.4, 0.5) is 5.69 Å². The highest BCUT2D eigenvalue weighted by atomic mass is 32.2. The summed E-state index contributed by atoms with van der Waals surface area (Å²) in [6.45, 7) is 5.47. The standard InChI is InChI=1S/C31H39N3O7S/c1-22(2)19-32-31(36)23(3)33(20-24-12-14-25(39-4)15-13-24)30(35)21-34(42(37,38)27-10-8-7-9-11-27)28-18-26(40-5)16-17-29(28)41-6/h7-18,22-23H,19-21H2,1-6H3,(H,32,36). The predicted octanol–water partition coefficient (Wildman–Crippen LogP) is 4.10. The second-order valence-corrected chi connectivity index (χ2v) is 11.9. The van der Waals surface area contributed by atoms with E-state index in [-0.39, 0.29) is 34.7 Å². The van der Waals surface area contributed by atoms with Crippen LogP contribution in [0.3, 0.4) is 0 Å². The van der Waals surface area contributed by atoms with Crippen molar-refractivity contribution in [3.63, 3.8) is 0 Å². The van der Waals surface area contributed by atoms with Gasteiger partial charge in [-0.2, -0.15) is 0 Å². The lowest BCUT2D eigenvalue weighted by Gasteiger charge is -2.32. The third-order valence-corrected chi connectivity index (χ3v) is 8.40. The van der Waals surface area contributed by atoms with E-state index in [9.17, 15) is 18.0 Å². The van der Waals surface area contributed by atoms with Gasteiger partial charge in [-0.1, -0.05) is 44.2 Å². The van der Waals surface area contributed by atoms with Crippen LogP contribution in [0.5, 0.6) is 17.2 Å². The van der Waals surface area contributed by atoms with Gasteiger partial charge in [0, 0.05) is 19.2 Å². The Bertz CT molecular complexity index is 1450. The zero-order chi connectivity index (χ0) is 30.9. The van der Waals surface area contributed by atoms with Gasteiger partial charge >= 0.3 is 0 Å². The van der Waals surface area contributed by atoms with Crippen LogP contribution >= 0.6 is 0 Å². The second-order valence-electron chi connectivity index (χ2n) is 10.0. The zero-order valence-electron chi connectivity index (χ0n) is 24.9. The van der Waals surface area contributed by atoms with Crippen molar-refractivity contribution in [3.8, 4) is 17.2 Å². The van der Waals surface area contributed by atoms with Crippen LogP contribution in [-0.2, 0) is 26.2 Å². The van der Waals surface area contributed by atoms with E-state index in [1.54, 1.807) is 68.6 Å². The average Bonchev–Trinajstić information content (AvgIpc) is 3.01. The van der Waals surface area contributed by atoms with E-state index < -0.39 is 28.5 Å². The van der Waals surface area contributed by atoms with Gasteiger partial charge in [0.15, 0.2) is 0 Å². The molecule has 0 bridgehead atoms. The second kappa shape index (κ2) is 14.6. The number of methoxy groups -OCH3 is 3. The Morgan fingerprint density at radius 2 is 1.45 bits per heavy atom. The molecule has 0 aliphatic heterocycles. The Kier molecular flexibility index (Phi) is 11.2. The molecule has 0 fully saturated rings. The van der Waals surface area contributed by atoms with Crippen molar-refractivity contribution < 1.29 is 32.2 Å². The van der Waals surface area contributed by atoms with E-state index in [2.05, 4.69) is 5.32 Å². The fraction of sp³-hybridized carbons (Fsp3) is 0.355. The Morgan fingerprint density at radius 1 is 0.833 bits per heavy atom. The van der Waals surface area contributed by atoms with E-state index in [1.165, 1.54) is 37.3 Å². The number of ether oxygens (including phenoxy) is 3. The number of sulfonamides is 1. The number of hydrogen-bond acceptors (Lipinski definition) is 7. The van der Waals surface area contributed by atoms with E-state index in [0.29, 0.717) is 18.0 Å². The molecule has 11 heteroatoms. The zero-order valence-corrected chi connectivity index (χ0v) is 25.7. The summed E-state index contributed by atoms with van der Waals surface area (Å²) in [7, 11) is 0.173. The summed E-state index contributed by atoms with van der Waals surface area (Å²) < 4.78 is 45.2. The lowest BCUT2D eigenvalue weighted by atomic mass is 10.1. The van der Waals surface area contributed by atoms with Gasteiger partial charge in [-0.25, -0.2) is 8.42 Å². The lowest BCUT2D eigenvalue weighted by molar-refractivity contribution is -0.139. The number of carbonyl (C=O) groups excluding carboxylic acids is 2. The normalized spacial score (nSPS) is 11.9. The van der Waals surface area contributed by atoms with Gasteiger partial charge in [0.25, 0.3) is 10.0 Å². The number of hydrogen-bond donors (Lipinski definition) is 1. The summed E-state index contributed by atoms with van der Waals surface area (Å²) in [5, 5.41) is 2.87. The van der Waals surface area contributed by atoms with Crippen molar-refractivity contribution in [2.75, 3.05) is 38.7 Å². The molecule has 1 atom stereocenters. The summed E-state index contributed by atoms with van der Waals surface area (Å²) in [5.41, 5.74) is 0.861. The van der Waals surface area contributed by atoms with Crippen LogP contribution in [0, 0.1) is 5.92 Å². The molecule has 3 rings (SSSR count). The van der Waals surface area contributed by atoms with Crippen LogP contribution in [0.15, 0.2) is 77.7 Å². The smallest absolute Gasteiger partial charge is 0.264 e. The maximum Gasteiger partial charge on any atom is 0.264 e. The van der Waals surface area contributed by atoms with Gasteiger partial charge in [0.05, 0.1) is 31.9 Å². The number of nitrogens with zero attached hydrogens (tertiary/aromatic N) is 2. The van der Waals surface area contributed by atoms with Gasteiger partial charge < -0.3 is 24.4 Å². The Morgan fingerprint density at radius 3 is 2.02 bits per heavy atom. The molecular weight excluding hydrogens is 558 g/mol. The minimum atomic E-state index is -4.26. The molecule has 0 aliphatic carbocycles. The summed E-state index contributed by atoms with van der Waals surface area (Å²) in [4.78, 5) is 28.6. The van der Waals surface area contributed by atoms with Crippen LogP contribution in [-0.4, -0.2) is 65.6 Å². The Balaban J connectivity index is 2.08. The SMILES string of the molecule is COc1ccc(CN(C(=O)CN(c2cc(OC)ccc2OC)S(=O)(=O)c2ccccc2)C(C)C(=O)NCC(C)C)cc1. The summed E-state index contributed by atoms with van der Waals surface area (Å²) in [6, 6.07) is 18.7. The van der Waals surface area contributed by atoms with Gasteiger partial charge in [0.1, 0.15) is 29.8 Å². The average molecular weight is 598 g/mol. The number of anilines is 1. The molecule has 0 radical (unpaired) electrons. The molecule has 3 aromatic carbocycles. The summed E-state index contributed by atoms with van der Waals surface area (Å²) >= 11 is 0. The molecule has 10 nitrogen and oxygen atoms in total. The topological polar surface area (TPSA) is 114 Å². The predicted molar refractivity (Wildman–Crippen MR) is 161 cm³/mol. The highest BCUT2D eigenvalue weighted by Crippen LogP contribution is 2.36. The molecule has 0 saturated heterocycles. The minimum absolute atomic E-state index is 0.00731. The third kappa shape index (κ3) is 7.94. The number of rotatable bonds is 14. The molecule has 0 aliphatic rings. The van der Waals surface area contributed by atoms with Crippen molar-refractivity contribution in [3.05, 3.63) is 78.4 Å². The fourth-order valence-corrected chi connectivity index (χ4v) is 5.62. The first-order chi connectivity index (χ1) is 20.0. The molecule has 0 spiro atoms. The summed E-state index contributed by atoms with van der Waals surface area (Å²) in [6.07, 6.45) is 0. The van der Waals surface area contributed by atoms with E-state index in [1.807, 2.05) is 13.8 Å². The molecule has 1 N–H and O–H groups in total. The van der Waals surface area contributed by atoms with Crippen LogP contribution < -0.4 is 23.8 Å². The maximum atomic E-state index is 14.1. The Labute approximate surface area is 248 Å². The Hall–Kier alpha value is -4.25. The van der Waals surface area contributed by atoms with Crippen LogP contribution in [0.1, 0.15) is 26.3 Å². The van der Waals surface area contributed by atoms with E-state index in [4.69, 9.17) is 14.2 Å². The number of amides is 2. The van der Waals surface area contributed by atoms with Gasteiger partial charge in [0.2, 0.25) is 11.8 Å². The molecule has 0 saturated carbocycles. The minimum Gasteiger partial charge on any atom is -0.497 e. The maximum absolute atomic E-state index is 14.1. The number of carbonyl (C=O) groups is 2. The van der Waals surface area contributed by atoms with E-state index in [0.717, 1.165) is 9.87 Å². The molecule has 226 valence electrons. The van der Waals surface area contributed by atoms with Crippen molar-refractivity contribution in [1.29, 1.82) is 0 Å². The van der Waals surface area contributed by atoms with E-state index >= 15 is 0 Å². The first-order valence-electron chi connectivity index (χ1n) is 13.5. The molecular formula is C31H39N3O7S.